The number of rotatable bonds is 10. The van der Waals surface area contributed by atoms with E-state index < -0.39 is 0 Å². The van der Waals surface area contributed by atoms with Gasteiger partial charge in [-0.3, -0.25) is 14.5 Å². The van der Waals surface area contributed by atoms with E-state index in [9.17, 15) is 9.90 Å². The molecule has 0 fully saturated rings. The first-order chi connectivity index (χ1) is 19.4. The molecular formula is C31H34N4O5. The molecule has 0 spiro atoms. The molecule has 1 aliphatic rings. The van der Waals surface area contributed by atoms with Crippen LogP contribution in [-0.2, 0) is 13.2 Å². The number of aliphatic hydroxyl groups is 1. The summed E-state index contributed by atoms with van der Waals surface area (Å²) in [6.07, 6.45) is 3.40. The van der Waals surface area contributed by atoms with Crippen molar-refractivity contribution in [3.8, 4) is 39.6 Å². The first-order valence-corrected chi connectivity index (χ1v) is 13.3. The average Bonchev–Trinajstić information content (AvgIpc) is 3.38. The number of ether oxygens (including phenoxy) is 3. The van der Waals surface area contributed by atoms with Crippen molar-refractivity contribution >= 4 is 5.91 Å². The van der Waals surface area contributed by atoms with Crippen LogP contribution in [0.25, 0.3) is 22.4 Å². The molecule has 0 unspecified atom stereocenters. The van der Waals surface area contributed by atoms with E-state index in [1.165, 1.54) is 5.56 Å². The Hall–Kier alpha value is -4.37. The van der Waals surface area contributed by atoms with Gasteiger partial charge in [-0.1, -0.05) is 38.1 Å². The third kappa shape index (κ3) is 5.24. The quantitative estimate of drug-likeness (QED) is 0.308. The third-order valence-corrected chi connectivity index (χ3v) is 7.13. The van der Waals surface area contributed by atoms with Gasteiger partial charge in [0.1, 0.15) is 18.0 Å². The zero-order valence-electron chi connectivity index (χ0n) is 23.3. The topological polar surface area (TPSA) is 98.9 Å². The van der Waals surface area contributed by atoms with E-state index in [4.69, 9.17) is 19.3 Å². The summed E-state index contributed by atoms with van der Waals surface area (Å²) < 4.78 is 19.5. The molecule has 2 aromatic heterocycles. The number of hydrogen-bond donors (Lipinski definition) is 1. The van der Waals surface area contributed by atoms with E-state index in [2.05, 4.69) is 43.1 Å². The molecule has 1 N–H and O–H groups in total. The Labute approximate surface area is 233 Å². The van der Waals surface area contributed by atoms with E-state index in [-0.39, 0.29) is 19.1 Å². The van der Waals surface area contributed by atoms with Crippen LogP contribution >= 0.6 is 0 Å². The average molecular weight is 543 g/mol. The first kappa shape index (κ1) is 27.2. The minimum Gasteiger partial charge on any atom is -0.493 e. The van der Waals surface area contributed by atoms with Gasteiger partial charge in [0.15, 0.2) is 11.5 Å². The predicted molar refractivity (Wildman–Crippen MR) is 152 cm³/mol. The van der Waals surface area contributed by atoms with E-state index >= 15 is 0 Å². The Balaban J connectivity index is 1.58. The number of amides is 1. The highest BCUT2D eigenvalue weighted by Gasteiger charge is 2.33. The Morgan fingerprint density at radius 1 is 0.950 bits per heavy atom. The predicted octanol–water partition coefficient (Wildman–Crippen LogP) is 4.78. The summed E-state index contributed by atoms with van der Waals surface area (Å²) in [6.45, 7) is 5.80. The van der Waals surface area contributed by atoms with Gasteiger partial charge in [-0.25, -0.2) is 0 Å². The minimum atomic E-state index is -0.189. The first-order valence-electron chi connectivity index (χ1n) is 13.3. The van der Waals surface area contributed by atoms with Crippen LogP contribution in [0.1, 0.15) is 41.4 Å². The van der Waals surface area contributed by atoms with Crippen LogP contribution < -0.4 is 14.2 Å². The highest BCUT2D eigenvalue weighted by Crippen LogP contribution is 2.45. The van der Waals surface area contributed by atoms with Crippen LogP contribution in [0.15, 0.2) is 60.9 Å². The molecular weight excluding hydrogens is 508 g/mol. The summed E-state index contributed by atoms with van der Waals surface area (Å²) in [7, 11) is 3.16. The molecule has 0 saturated carbocycles. The molecule has 4 aromatic rings. The molecule has 40 heavy (non-hydrogen) atoms. The minimum absolute atomic E-state index is 0.111. The van der Waals surface area contributed by atoms with E-state index in [0.29, 0.717) is 65.4 Å². The molecule has 9 nitrogen and oxygen atoms in total. The van der Waals surface area contributed by atoms with E-state index in [0.717, 1.165) is 11.1 Å². The maximum Gasteiger partial charge on any atom is 0.272 e. The molecule has 1 aliphatic heterocycles. The molecule has 0 radical (unpaired) electrons. The normalized spacial score (nSPS) is 12.9. The molecule has 0 saturated heterocycles. The second kappa shape index (κ2) is 11.8. The molecule has 5 rings (SSSR count). The molecule has 0 bridgehead atoms. The maximum absolute atomic E-state index is 13.6. The highest BCUT2D eigenvalue weighted by atomic mass is 16.5. The lowest BCUT2D eigenvalue weighted by Gasteiger charge is -2.27. The number of hydrogen-bond acceptors (Lipinski definition) is 7. The summed E-state index contributed by atoms with van der Waals surface area (Å²) in [5, 5.41) is 14.4. The molecule has 1 amide bonds. The maximum atomic E-state index is 13.6. The third-order valence-electron chi connectivity index (χ3n) is 7.13. The summed E-state index contributed by atoms with van der Waals surface area (Å²) >= 11 is 0. The number of β-amino-alcohol motifs (C(OH)–C–C–N with tert-alkyl or cyclic N) is 1. The molecule has 2 aromatic carbocycles. The fourth-order valence-corrected chi connectivity index (χ4v) is 4.95. The van der Waals surface area contributed by atoms with Gasteiger partial charge in [0.2, 0.25) is 5.75 Å². The smallest absolute Gasteiger partial charge is 0.272 e. The number of fused-ring (bicyclic) bond motifs is 1. The van der Waals surface area contributed by atoms with Gasteiger partial charge in [-0.05, 0) is 46.9 Å². The number of methoxy groups -OCH3 is 2. The number of aromatic nitrogens is 3. The number of aliphatic hydroxyl groups excluding tert-OH is 1. The fraction of sp³-hybridized carbons (Fsp3) is 0.323. The van der Waals surface area contributed by atoms with Gasteiger partial charge in [0.25, 0.3) is 5.91 Å². The van der Waals surface area contributed by atoms with Crippen molar-refractivity contribution in [1.82, 2.24) is 19.7 Å². The summed E-state index contributed by atoms with van der Waals surface area (Å²) in [6, 6.07) is 15.8. The van der Waals surface area contributed by atoms with Gasteiger partial charge in [0.05, 0.1) is 27.4 Å². The van der Waals surface area contributed by atoms with Crippen molar-refractivity contribution in [2.24, 2.45) is 0 Å². The fourth-order valence-electron chi connectivity index (χ4n) is 4.95. The lowest BCUT2D eigenvalue weighted by Crippen LogP contribution is -2.42. The zero-order chi connectivity index (χ0) is 28.2. The second-order valence-corrected chi connectivity index (χ2v) is 9.94. The van der Waals surface area contributed by atoms with Crippen molar-refractivity contribution in [3.63, 3.8) is 0 Å². The van der Waals surface area contributed by atoms with Crippen molar-refractivity contribution < 1.29 is 24.1 Å². The Morgan fingerprint density at radius 2 is 1.62 bits per heavy atom. The van der Waals surface area contributed by atoms with Crippen LogP contribution in [0.2, 0.25) is 0 Å². The van der Waals surface area contributed by atoms with Gasteiger partial charge >= 0.3 is 0 Å². The van der Waals surface area contributed by atoms with E-state index in [1.54, 1.807) is 36.2 Å². The van der Waals surface area contributed by atoms with Gasteiger partial charge < -0.3 is 24.2 Å². The molecule has 9 heteroatoms. The SMILES string of the molecule is COc1cc(-c2c(-c3ccncc3)nn3c2C(=O)N(CCO)CC3)cc(OC)c1OCc1ccc(C(C)C)cc1. The number of carbonyl (C=O) groups excluding carboxylic acids is 1. The van der Waals surface area contributed by atoms with Crippen LogP contribution in [-0.4, -0.2) is 64.6 Å². The number of pyridine rings is 1. The lowest BCUT2D eigenvalue weighted by molar-refractivity contribution is 0.0662. The van der Waals surface area contributed by atoms with Crippen LogP contribution in [0, 0.1) is 0 Å². The van der Waals surface area contributed by atoms with Gasteiger partial charge in [0, 0.05) is 36.6 Å². The zero-order valence-corrected chi connectivity index (χ0v) is 23.3. The molecule has 0 aliphatic carbocycles. The largest absolute Gasteiger partial charge is 0.493 e. The summed E-state index contributed by atoms with van der Waals surface area (Å²) in [4.78, 5) is 19.4. The van der Waals surface area contributed by atoms with Crippen molar-refractivity contribution in [2.75, 3.05) is 33.9 Å². The van der Waals surface area contributed by atoms with Crippen LogP contribution in [0.5, 0.6) is 17.2 Å². The second-order valence-electron chi connectivity index (χ2n) is 9.94. The highest BCUT2D eigenvalue weighted by molar-refractivity contribution is 6.04. The van der Waals surface area contributed by atoms with Crippen molar-refractivity contribution in [3.05, 3.63) is 77.7 Å². The van der Waals surface area contributed by atoms with Crippen molar-refractivity contribution in [2.45, 2.75) is 32.9 Å². The Bertz CT molecular complexity index is 1460. The standard InChI is InChI=1S/C31H34N4O5/c1-20(2)22-7-5-21(6-8-22)19-40-30-25(38-3)17-24(18-26(30)39-4)27-28(23-9-11-32-12-10-23)33-35-14-13-34(15-16-36)31(37)29(27)35/h5-12,17-18,20,36H,13-16,19H2,1-4H3. The number of nitrogens with zero attached hydrogens (tertiary/aromatic N) is 4. The molecule has 208 valence electrons. The summed E-state index contributed by atoms with van der Waals surface area (Å²) in [5.74, 6) is 1.69. The Morgan fingerprint density at radius 3 is 2.23 bits per heavy atom. The number of benzene rings is 2. The Kier molecular flexibility index (Phi) is 8.02. The van der Waals surface area contributed by atoms with Crippen LogP contribution in [0.3, 0.4) is 0 Å². The van der Waals surface area contributed by atoms with Gasteiger partial charge in [-0.15, -0.1) is 0 Å². The monoisotopic (exact) mass is 542 g/mol. The molecule has 3 heterocycles. The molecule has 0 atom stereocenters. The lowest BCUT2D eigenvalue weighted by atomic mass is 9.97. The van der Waals surface area contributed by atoms with Crippen molar-refractivity contribution in [1.29, 1.82) is 0 Å². The van der Waals surface area contributed by atoms with Gasteiger partial charge in [-0.2, -0.15) is 5.10 Å². The van der Waals surface area contributed by atoms with Crippen LogP contribution in [0.4, 0.5) is 0 Å². The summed E-state index contributed by atoms with van der Waals surface area (Å²) in [5.41, 5.74) is 5.59. The van der Waals surface area contributed by atoms with E-state index in [1.807, 2.05) is 24.3 Å². The number of carbonyl (C=O) groups is 1.